The molecule has 1 aromatic heterocycles. The van der Waals surface area contributed by atoms with Gasteiger partial charge in [0.1, 0.15) is 0 Å². The molecule has 4 rings (SSSR count). The van der Waals surface area contributed by atoms with Gasteiger partial charge in [0.2, 0.25) is 0 Å². The lowest BCUT2D eigenvalue weighted by Gasteiger charge is -2.36. The van der Waals surface area contributed by atoms with E-state index in [1.54, 1.807) is 0 Å². The van der Waals surface area contributed by atoms with Crippen LogP contribution in [0.4, 0.5) is 0 Å². The summed E-state index contributed by atoms with van der Waals surface area (Å²) in [6.45, 7) is 7.33. The summed E-state index contributed by atoms with van der Waals surface area (Å²) >= 11 is 0. The van der Waals surface area contributed by atoms with E-state index >= 15 is 0 Å². The molecule has 0 amide bonds. The van der Waals surface area contributed by atoms with Crippen molar-refractivity contribution in [2.75, 3.05) is 13.1 Å². The minimum atomic E-state index is 0.232. The van der Waals surface area contributed by atoms with Crippen molar-refractivity contribution in [2.45, 2.75) is 64.1 Å². The number of rotatable bonds is 1. The number of aromatic nitrogens is 1. The highest BCUT2D eigenvalue weighted by molar-refractivity contribution is 5.31. The molecule has 3 heterocycles. The first-order valence-corrected chi connectivity index (χ1v) is 8.24. The standard InChI is InChI=1S/C17H27N3/c1-17(2)10-13(18)12-5-9-20(16(12)11-17)15-6-8-19-7-3-4-14(15)19/h5,9,13-15H,3-4,6-8,10-11,18H2,1-2H3. The van der Waals surface area contributed by atoms with E-state index in [1.807, 2.05) is 0 Å². The second-order valence-electron chi connectivity index (χ2n) is 7.88. The van der Waals surface area contributed by atoms with E-state index in [9.17, 15) is 0 Å². The molecule has 0 aromatic carbocycles. The topological polar surface area (TPSA) is 34.2 Å². The Morgan fingerprint density at radius 1 is 1.20 bits per heavy atom. The van der Waals surface area contributed by atoms with Gasteiger partial charge in [0.05, 0.1) is 6.04 Å². The minimum Gasteiger partial charge on any atom is -0.346 e. The van der Waals surface area contributed by atoms with Crippen molar-refractivity contribution in [3.05, 3.63) is 23.5 Å². The molecule has 2 saturated heterocycles. The van der Waals surface area contributed by atoms with Crippen LogP contribution in [-0.2, 0) is 6.42 Å². The van der Waals surface area contributed by atoms with Crippen LogP contribution in [0.15, 0.2) is 12.3 Å². The molecule has 3 unspecified atom stereocenters. The summed E-state index contributed by atoms with van der Waals surface area (Å²) in [6.07, 6.45) is 8.72. The van der Waals surface area contributed by atoms with Gasteiger partial charge in [0.15, 0.2) is 0 Å². The molecule has 1 aliphatic carbocycles. The SMILES string of the molecule is CC1(C)Cc2c(ccn2C2CCN3CCCC23)C(N)C1. The van der Waals surface area contributed by atoms with Crippen LogP contribution < -0.4 is 5.73 Å². The van der Waals surface area contributed by atoms with E-state index in [4.69, 9.17) is 5.73 Å². The summed E-state index contributed by atoms with van der Waals surface area (Å²) in [6, 6.07) is 4.01. The van der Waals surface area contributed by atoms with Gasteiger partial charge < -0.3 is 10.3 Å². The van der Waals surface area contributed by atoms with E-state index in [0.717, 1.165) is 12.5 Å². The highest BCUT2D eigenvalue weighted by Gasteiger charge is 2.40. The molecule has 20 heavy (non-hydrogen) atoms. The predicted octanol–water partition coefficient (Wildman–Crippen LogP) is 2.87. The molecule has 0 saturated carbocycles. The molecular formula is C17H27N3. The zero-order valence-corrected chi connectivity index (χ0v) is 12.8. The lowest BCUT2D eigenvalue weighted by molar-refractivity contribution is 0.258. The van der Waals surface area contributed by atoms with Gasteiger partial charge in [-0.1, -0.05) is 13.8 Å². The third-order valence-corrected chi connectivity index (χ3v) is 5.81. The predicted molar refractivity (Wildman–Crippen MR) is 81.7 cm³/mol. The molecule has 2 aliphatic heterocycles. The van der Waals surface area contributed by atoms with E-state index < -0.39 is 0 Å². The van der Waals surface area contributed by atoms with Crippen LogP contribution in [0.5, 0.6) is 0 Å². The highest BCUT2D eigenvalue weighted by Crippen LogP contribution is 2.43. The third-order valence-electron chi connectivity index (χ3n) is 5.81. The van der Waals surface area contributed by atoms with Gasteiger partial charge in [-0.3, -0.25) is 4.90 Å². The van der Waals surface area contributed by atoms with Gasteiger partial charge in [0, 0.05) is 30.5 Å². The molecule has 3 nitrogen and oxygen atoms in total. The second kappa shape index (κ2) is 4.35. The van der Waals surface area contributed by atoms with E-state index in [1.165, 1.54) is 50.0 Å². The Kier molecular flexibility index (Phi) is 2.80. The normalized spacial score (nSPS) is 36.0. The molecule has 2 fully saturated rings. The van der Waals surface area contributed by atoms with Gasteiger partial charge in [-0.15, -0.1) is 0 Å². The van der Waals surface area contributed by atoms with Crippen molar-refractivity contribution in [3.8, 4) is 0 Å². The smallest absolute Gasteiger partial charge is 0.0501 e. The van der Waals surface area contributed by atoms with Crippen LogP contribution in [0.2, 0.25) is 0 Å². The van der Waals surface area contributed by atoms with Gasteiger partial charge in [0.25, 0.3) is 0 Å². The first kappa shape index (κ1) is 12.9. The first-order valence-electron chi connectivity index (χ1n) is 8.24. The van der Waals surface area contributed by atoms with Crippen molar-refractivity contribution >= 4 is 0 Å². The molecule has 3 heteroatoms. The van der Waals surface area contributed by atoms with Crippen molar-refractivity contribution < 1.29 is 0 Å². The van der Waals surface area contributed by atoms with E-state index in [-0.39, 0.29) is 6.04 Å². The lowest BCUT2D eigenvalue weighted by Crippen LogP contribution is -2.33. The van der Waals surface area contributed by atoms with Crippen LogP contribution >= 0.6 is 0 Å². The highest BCUT2D eigenvalue weighted by atomic mass is 15.3. The molecule has 1 aromatic rings. The van der Waals surface area contributed by atoms with Gasteiger partial charge in [-0.2, -0.15) is 0 Å². The van der Waals surface area contributed by atoms with Gasteiger partial charge in [-0.25, -0.2) is 0 Å². The molecule has 0 radical (unpaired) electrons. The number of nitrogens with two attached hydrogens (primary N) is 1. The van der Waals surface area contributed by atoms with Crippen LogP contribution in [0.1, 0.15) is 62.9 Å². The van der Waals surface area contributed by atoms with E-state index in [0.29, 0.717) is 11.5 Å². The summed E-state index contributed by atoms with van der Waals surface area (Å²) in [5.74, 6) is 0. The van der Waals surface area contributed by atoms with Gasteiger partial charge >= 0.3 is 0 Å². The molecule has 110 valence electrons. The fraction of sp³-hybridized carbons (Fsp3) is 0.765. The molecule has 0 bridgehead atoms. The number of nitrogens with zero attached hydrogens (tertiary/aromatic N) is 2. The maximum Gasteiger partial charge on any atom is 0.0501 e. The maximum absolute atomic E-state index is 6.42. The molecular weight excluding hydrogens is 246 g/mol. The fourth-order valence-electron chi connectivity index (χ4n) is 4.95. The molecule has 3 aliphatic rings. The quantitative estimate of drug-likeness (QED) is 0.853. The summed E-state index contributed by atoms with van der Waals surface area (Å²) < 4.78 is 2.60. The third kappa shape index (κ3) is 1.86. The Bertz CT molecular complexity index is 516. The summed E-state index contributed by atoms with van der Waals surface area (Å²) in [7, 11) is 0. The zero-order chi connectivity index (χ0) is 13.9. The number of hydrogen-bond donors (Lipinski definition) is 1. The Balaban J connectivity index is 1.70. The fourth-order valence-corrected chi connectivity index (χ4v) is 4.95. The van der Waals surface area contributed by atoms with Crippen LogP contribution in [0, 0.1) is 5.41 Å². The zero-order valence-electron chi connectivity index (χ0n) is 12.8. The van der Waals surface area contributed by atoms with Crippen LogP contribution in [0.3, 0.4) is 0 Å². The van der Waals surface area contributed by atoms with Crippen LogP contribution in [-0.4, -0.2) is 28.6 Å². The Labute approximate surface area is 122 Å². The molecule has 2 N–H and O–H groups in total. The average molecular weight is 273 g/mol. The van der Waals surface area contributed by atoms with Crippen molar-refractivity contribution in [1.29, 1.82) is 0 Å². The van der Waals surface area contributed by atoms with Crippen molar-refractivity contribution in [1.82, 2.24) is 9.47 Å². The van der Waals surface area contributed by atoms with Crippen molar-refractivity contribution in [2.24, 2.45) is 11.1 Å². The Morgan fingerprint density at radius 3 is 2.90 bits per heavy atom. The Hall–Kier alpha value is -0.800. The monoisotopic (exact) mass is 273 g/mol. The maximum atomic E-state index is 6.42. The number of fused-ring (bicyclic) bond motifs is 2. The van der Waals surface area contributed by atoms with Gasteiger partial charge in [-0.05, 0) is 55.7 Å². The average Bonchev–Trinajstić information content (AvgIpc) is 3.00. The summed E-state index contributed by atoms with van der Waals surface area (Å²) in [4.78, 5) is 2.70. The largest absolute Gasteiger partial charge is 0.346 e. The summed E-state index contributed by atoms with van der Waals surface area (Å²) in [5.41, 5.74) is 9.71. The lowest BCUT2D eigenvalue weighted by atomic mass is 9.74. The minimum absolute atomic E-state index is 0.232. The van der Waals surface area contributed by atoms with Crippen LogP contribution in [0.25, 0.3) is 0 Å². The Morgan fingerprint density at radius 2 is 2.05 bits per heavy atom. The molecule has 0 spiro atoms. The number of hydrogen-bond acceptors (Lipinski definition) is 2. The second-order valence-corrected chi connectivity index (χ2v) is 7.88. The van der Waals surface area contributed by atoms with E-state index in [2.05, 4.69) is 35.6 Å². The molecule has 3 atom stereocenters. The van der Waals surface area contributed by atoms with Crippen molar-refractivity contribution in [3.63, 3.8) is 0 Å². The first-order chi connectivity index (χ1) is 9.55. The summed E-state index contributed by atoms with van der Waals surface area (Å²) in [5, 5.41) is 0.